The maximum atomic E-state index is 13.3. The SMILES string of the molecule is Cc1c(N2CCC3(CC2)CO[C@@H](C)[C@H]3N)nc(C)n(-c2cccc(Cl)c2Br)c1=O. The average Bonchev–Trinajstić information content (AvgIpc) is 2.97. The van der Waals surface area contributed by atoms with E-state index >= 15 is 0 Å². The number of hydrogen-bond acceptors (Lipinski definition) is 5. The van der Waals surface area contributed by atoms with Gasteiger partial charge in [0.05, 0.1) is 33.5 Å². The molecule has 2 aliphatic rings. The van der Waals surface area contributed by atoms with Crippen molar-refractivity contribution in [2.45, 2.75) is 45.8 Å². The number of aromatic nitrogens is 2. The highest BCUT2D eigenvalue weighted by molar-refractivity contribution is 9.10. The van der Waals surface area contributed by atoms with E-state index in [1.54, 1.807) is 10.6 Å². The van der Waals surface area contributed by atoms with E-state index in [4.69, 9.17) is 27.1 Å². The number of piperidine rings is 1. The van der Waals surface area contributed by atoms with Crippen LogP contribution in [0.4, 0.5) is 5.82 Å². The van der Waals surface area contributed by atoms with Crippen LogP contribution in [-0.2, 0) is 4.74 Å². The van der Waals surface area contributed by atoms with Crippen molar-refractivity contribution in [3.8, 4) is 5.69 Å². The lowest BCUT2D eigenvalue weighted by atomic mass is 9.73. The molecule has 2 fully saturated rings. The second-order valence-electron chi connectivity index (χ2n) is 8.21. The summed E-state index contributed by atoms with van der Waals surface area (Å²) in [7, 11) is 0. The number of halogens is 2. The van der Waals surface area contributed by atoms with Crippen molar-refractivity contribution in [1.82, 2.24) is 9.55 Å². The smallest absolute Gasteiger partial charge is 0.263 e. The van der Waals surface area contributed by atoms with Crippen molar-refractivity contribution < 1.29 is 4.74 Å². The summed E-state index contributed by atoms with van der Waals surface area (Å²) in [5.41, 5.74) is 7.73. The standard InChI is InChI=1S/C21H26BrClN4O2/c1-12-19(26-9-7-21(8-10-26)11-29-13(2)18(21)24)25-14(3)27(20(12)28)16-6-4-5-15(23)17(16)22/h4-6,13,18H,7-11,24H2,1-3H3/t13-,18+/m0/s1. The molecule has 6 nitrogen and oxygen atoms in total. The summed E-state index contributed by atoms with van der Waals surface area (Å²) in [6.07, 6.45) is 1.99. The minimum Gasteiger partial charge on any atom is -0.376 e. The lowest BCUT2D eigenvalue weighted by Crippen LogP contribution is -2.51. The van der Waals surface area contributed by atoms with Gasteiger partial charge in [-0.05, 0) is 61.7 Å². The number of rotatable bonds is 2. The normalized spacial score (nSPS) is 23.7. The van der Waals surface area contributed by atoms with Crippen LogP contribution < -0.4 is 16.2 Å². The highest BCUT2D eigenvalue weighted by atomic mass is 79.9. The zero-order chi connectivity index (χ0) is 20.9. The number of aryl methyl sites for hydroxylation is 1. The van der Waals surface area contributed by atoms with E-state index in [-0.39, 0.29) is 23.1 Å². The van der Waals surface area contributed by atoms with Gasteiger partial charge in [-0.2, -0.15) is 0 Å². The Morgan fingerprint density at radius 2 is 2.00 bits per heavy atom. The molecule has 1 aromatic heterocycles. The summed E-state index contributed by atoms with van der Waals surface area (Å²) >= 11 is 9.73. The van der Waals surface area contributed by atoms with Crippen LogP contribution in [0.2, 0.25) is 5.02 Å². The summed E-state index contributed by atoms with van der Waals surface area (Å²) in [4.78, 5) is 20.3. The monoisotopic (exact) mass is 480 g/mol. The van der Waals surface area contributed by atoms with E-state index in [1.165, 1.54) is 0 Å². The lowest BCUT2D eigenvalue weighted by Gasteiger charge is -2.42. The molecule has 2 atom stereocenters. The molecule has 29 heavy (non-hydrogen) atoms. The number of ether oxygens (including phenoxy) is 1. The molecule has 8 heteroatoms. The van der Waals surface area contributed by atoms with Gasteiger partial charge in [-0.3, -0.25) is 9.36 Å². The minimum absolute atomic E-state index is 0.0412. The van der Waals surface area contributed by atoms with E-state index < -0.39 is 0 Å². The molecule has 156 valence electrons. The van der Waals surface area contributed by atoms with Crippen LogP contribution >= 0.6 is 27.5 Å². The maximum Gasteiger partial charge on any atom is 0.263 e. The molecule has 4 rings (SSSR count). The number of nitrogens with two attached hydrogens (primary N) is 1. The Morgan fingerprint density at radius 3 is 2.62 bits per heavy atom. The van der Waals surface area contributed by atoms with Crippen LogP contribution in [0.1, 0.15) is 31.2 Å². The Bertz CT molecular complexity index is 1000. The van der Waals surface area contributed by atoms with Crippen molar-refractivity contribution in [3.63, 3.8) is 0 Å². The fourth-order valence-electron chi connectivity index (χ4n) is 4.59. The first-order chi connectivity index (χ1) is 13.7. The van der Waals surface area contributed by atoms with E-state index in [0.29, 0.717) is 26.6 Å². The fourth-order valence-corrected chi connectivity index (χ4v) is 5.20. The Balaban J connectivity index is 1.66. The summed E-state index contributed by atoms with van der Waals surface area (Å²) in [5.74, 6) is 1.39. The molecule has 0 radical (unpaired) electrons. The molecule has 1 spiro atoms. The molecule has 0 aliphatic carbocycles. The van der Waals surface area contributed by atoms with E-state index in [2.05, 4.69) is 27.8 Å². The molecule has 0 amide bonds. The summed E-state index contributed by atoms with van der Waals surface area (Å²) in [6.45, 7) is 8.11. The van der Waals surface area contributed by atoms with Gasteiger partial charge in [0.1, 0.15) is 11.6 Å². The highest BCUT2D eigenvalue weighted by Crippen LogP contribution is 2.42. The largest absolute Gasteiger partial charge is 0.376 e. The predicted molar refractivity (Wildman–Crippen MR) is 119 cm³/mol. The lowest BCUT2D eigenvalue weighted by molar-refractivity contribution is 0.0974. The molecule has 1 aromatic carbocycles. The van der Waals surface area contributed by atoms with Gasteiger partial charge in [0.15, 0.2) is 0 Å². The number of benzene rings is 1. The van der Waals surface area contributed by atoms with Gasteiger partial charge >= 0.3 is 0 Å². The number of anilines is 1. The van der Waals surface area contributed by atoms with Crippen LogP contribution in [0.15, 0.2) is 27.5 Å². The van der Waals surface area contributed by atoms with Crippen LogP contribution in [0.5, 0.6) is 0 Å². The molecule has 2 saturated heterocycles. The van der Waals surface area contributed by atoms with Crippen molar-refractivity contribution in [1.29, 1.82) is 0 Å². The molecule has 2 aromatic rings. The number of nitrogens with zero attached hydrogens (tertiary/aromatic N) is 3. The molecule has 0 unspecified atom stereocenters. The van der Waals surface area contributed by atoms with E-state index in [1.807, 2.05) is 26.0 Å². The Morgan fingerprint density at radius 1 is 1.31 bits per heavy atom. The zero-order valence-corrected chi connectivity index (χ0v) is 19.3. The quantitative estimate of drug-likeness (QED) is 0.709. The Kier molecular flexibility index (Phi) is 5.53. The third-order valence-electron chi connectivity index (χ3n) is 6.53. The van der Waals surface area contributed by atoms with Crippen molar-refractivity contribution >= 4 is 33.3 Å². The van der Waals surface area contributed by atoms with E-state index in [0.717, 1.165) is 38.4 Å². The van der Waals surface area contributed by atoms with Gasteiger partial charge in [0, 0.05) is 24.5 Å². The second kappa shape index (κ2) is 7.69. The van der Waals surface area contributed by atoms with Crippen LogP contribution in [0, 0.1) is 19.3 Å². The second-order valence-corrected chi connectivity index (χ2v) is 9.41. The van der Waals surface area contributed by atoms with Crippen molar-refractivity contribution in [2.75, 3.05) is 24.6 Å². The van der Waals surface area contributed by atoms with E-state index in [9.17, 15) is 4.79 Å². The van der Waals surface area contributed by atoms with Gasteiger partial charge in [-0.1, -0.05) is 17.7 Å². The Labute approximate surface area is 184 Å². The van der Waals surface area contributed by atoms with Crippen molar-refractivity contribution in [2.24, 2.45) is 11.1 Å². The van der Waals surface area contributed by atoms with Gasteiger partial charge in [0.25, 0.3) is 5.56 Å². The third kappa shape index (κ3) is 3.42. The van der Waals surface area contributed by atoms with Gasteiger partial charge < -0.3 is 15.4 Å². The van der Waals surface area contributed by atoms with Crippen LogP contribution in [-0.4, -0.2) is 41.4 Å². The van der Waals surface area contributed by atoms with Crippen LogP contribution in [0.25, 0.3) is 5.69 Å². The molecule has 0 saturated carbocycles. The van der Waals surface area contributed by atoms with Crippen molar-refractivity contribution in [3.05, 3.63) is 49.4 Å². The first-order valence-corrected chi connectivity index (χ1v) is 11.1. The first kappa shape index (κ1) is 20.8. The maximum absolute atomic E-state index is 13.3. The first-order valence-electron chi connectivity index (χ1n) is 9.92. The minimum atomic E-state index is -0.0784. The molecule has 0 bridgehead atoms. The topological polar surface area (TPSA) is 73.4 Å². The fraction of sp³-hybridized carbons (Fsp3) is 0.524. The molecular weight excluding hydrogens is 456 g/mol. The van der Waals surface area contributed by atoms with Gasteiger partial charge in [-0.15, -0.1) is 0 Å². The summed E-state index contributed by atoms with van der Waals surface area (Å²) < 4.78 is 8.12. The number of hydrogen-bond donors (Lipinski definition) is 1. The summed E-state index contributed by atoms with van der Waals surface area (Å²) in [6, 6.07) is 5.54. The molecule has 2 N–H and O–H groups in total. The third-order valence-corrected chi connectivity index (χ3v) is 7.90. The van der Waals surface area contributed by atoms with Gasteiger partial charge in [-0.25, -0.2) is 4.98 Å². The molecule has 2 aliphatic heterocycles. The van der Waals surface area contributed by atoms with Gasteiger partial charge in [0.2, 0.25) is 0 Å². The molecular formula is C21H26BrClN4O2. The average molecular weight is 482 g/mol. The van der Waals surface area contributed by atoms with Crippen LogP contribution in [0.3, 0.4) is 0 Å². The molecule has 3 heterocycles. The zero-order valence-electron chi connectivity index (χ0n) is 16.9. The predicted octanol–water partition coefficient (Wildman–Crippen LogP) is 3.60. The summed E-state index contributed by atoms with van der Waals surface area (Å²) in [5, 5.41) is 0.557. The highest BCUT2D eigenvalue weighted by Gasteiger charge is 2.47. The Hall–Kier alpha value is -1.41.